The van der Waals surface area contributed by atoms with Gasteiger partial charge in [0, 0.05) is 36.1 Å². The van der Waals surface area contributed by atoms with Crippen LogP contribution in [-0.4, -0.2) is 14.8 Å². The first-order chi connectivity index (χ1) is 13.7. The molecule has 4 nitrogen and oxygen atoms in total. The number of hydrogen-bond acceptors (Lipinski definition) is 3. The minimum Gasteiger partial charge on any atom is -0.340 e. The first-order valence-electron chi connectivity index (χ1n) is 9.30. The Balaban J connectivity index is 1.44. The number of nitrogens with zero attached hydrogens (tertiary/aromatic N) is 3. The van der Waals surface area contributed by atoms with Crippen molar-refractivity contribution in [3.05, 3.63) is 90.4 Å². The van der Waals surface area contributed by atoms with Crippen LogP contribution in [0.15, 0.2) is 73.7 Å². The van der Waals surface area contributed by atoms with Crippen molar-refractivity contribution in [1.29, 1.82) is 0 Å². The number of hydrogen-bond donors (Lipinski definition) is 1. The molecule has 1 N–H and O–H groups in total. The number of nitrogens with one attached hydrogen (secondary N) is 1. The summed E-state index contributed by atoms with van der Waals surface area (Å²) in [5, 5.41) is 9.85. The van der Waals surface area contributed by atoms with Crippen LogP contribution in [0.4, 0.5) is 5.82 Å². The molecule has 0 bridgehead atoms. The predicted molar refractivity (Wildman–Crippen MR) is 116 cm³/mol. The van der Waals surface area contributed by atoms with E-state index in [0.29, 0.717) is 0 Å². The van der Waals surface area contributed by atoms with Gasteiger partial charge in [-0.3, -0.25) is 4.68 Å². The highest BCUT2D eigenvalue weighted by Gasteiger charge is 2.09. The monoisotopic (exact) mass is 364 g/mol. The maximum Gasteiger partial charge on any atom is 0.130 e. The smallest absolute Gasteiger partial charge is 0.130 e. The topological polar surface area (TPSA) is 42.7 Å². The van der Waals surface area contributed by atoms with Crippen LogP contribution < -0.4 is 5.32 Å². The third-order valence-corrected chi connectivity index (χ3v) is 5.17. The molecule has 0 saturated heterocycles. The summed E-state index contributed by atoms with van der Waals surface area (Å²) in [4.78, 5) is 4.55. The Labute approximate surface area is 163 Å². The minimum atomic E-state index is 0.789. The van der Waals surface area contributed by atoms with Gasteiger partial charge in [0.15, 0.2) is 0 Å². The van der Waals surface area contributed by atoms with E-state index in [0.717, 1.165) is 45.4 Å². The van der Waals surface area contributed by atoms with E-state index >= 15 is 0 Å². The van der Waals surface area contributed by atoms with Crippen molar-refractivity contribution in [3.63, 3.8) is 0 Å². The Morgan fingerprint density at radius 2 is 1.96 bits per heavy atom. The molecule has 136 valence electrons. The molecule has 0 spiro atoms. The summed E-state index contributed by atoms with van der Waals surface area (Å²) < 4.78 is 1.81. The minimum absolute atomic E-state index is 0.789. The van der Waals surface area contributed by atoms with Crippen molar-refractivity contribution < 1.29 is 0 Å². The highest BCUT2D eigenvalue weighted by atomic mass is 15.2. The molecule has 0 fully saturated rings. The average Bonchev–Trinajstić information content (AvgIpc) is 3.35. The normalized spacial score (nSPS) is 12.3. The number of aryl methyl sites for hydroxylation is 1. The molecule has 1 aliphatic rings. The molecule has 28 heavy (non-hydrogen) atoms. The van der Waals surface area contributed by atoms with Gasteiger partial charge in [-0.1, -0.05) is 43.0 Å². The van der Waals surface area contributed by atoms with E-state index in [1.54, 1.807) is 0 Å². The fourth-order valence-corrected chi connectivity index (χ4v) is 3.62. The fraction of sp³-hybridized carbons (Fsp3) is 0.0833. The maximum absolute atomic E-state index is 4.55. The number of benzene rings is 2. The van der Waals surface area contributed by atoms with E-state index < -0.39 is 0 Å². The zero-order valence-electron chi connectivity index (χ0n) is 15.7. The molecule has 4 heteroatoms. The molecule has 5 rings (SSSR count). The van der Waals surface area contributed by atoms with Crippen molar-refractivity contribution in [1.82, 2.24) is 14.8 Å². The molecule has 4 aromatic rings. The van der Waals surface area contributed by atoms with Gasteiger partial charge in [0.1, 0.15) is 5.82 Å². The van der Waals surface area contributed by atoms with Gasteiger partial charge in [-0.15, -0.1) is 0 Å². The Hall–Kier alpha value is -3.66. The number of aromatic nitrogens is 3. The number of fused-ring (bicyclic) bond motifs is 2. The summed E-state index contributed by atoms with van der Waals surface area (Å²) >= 11 is 0. The van der Waals surface area contributed by atoms with Crippen LogP contribution >= 0.6 is 0 Å². The van der Waals surface area contributed by atoms with E-state index in [9.17, 15) is 0 Å². The van der Waals surface area contributed by atoms with Gasteiger partial charge in [-0.05, 0) is 52.3 Å². The molecule has 0 saturated carbocycles. The molecule has 2 aromatic heterocycles. The van der Waals surface area contributed by atoms with Crippen LogP contribution in [0.3, 0.4) is 0 Å². The maximum atomic E-state index is 4.55. The lowest BCUT2D eigenvalue weighted by Gasteiger charge is -2.11. The Morgan fingerprint density at radius 3 is 2.82 bits per heavy atom. The molecule has 2 aromatic carbocycles. The summed E-state index contributed by atoms with van der Waals surface area (Å²) in [6.45, 7) is 4.21. The van der Waals surface area contributed by atoms with Gasteiger partial charge in [0.2, 0.25) is 0 Å². The third-order valence-electron chi connectivity index (χ3n) is 5.17. The number of rotatable bonds is 4. The third kappa shape index (κ3) is 2.99. The second kappa shape index (κ2) is 6.50. The second-order valence-electron chi connectivity index (χ2n) is 7.16. The van der Waals surface area contributed by atoms with Crippen LogP contribution in [0.5, 0.6) is 0 Å². The average molecular weight is 364 g/mol. The van der Waals surface area contributed by atoms with Crippen LogP contribution in [0.25, 0.3) is 33.7 Å². The van der Waals surface area contributed by atoms with Gasteiger partial charge in [0.05, 0.1) is 6.20 Å². The standard InChI is InChI=1S/C24H20N4/c1-16(18-7-6-17-4-3-5-19(17)10-18)27-24-12-22-11-20(8-9-21(22)13-25-24)23-14-26-28(2)15-23/h3,5-15H,1,4H2,2H3,(H,25,27). The van der Waals surface area contributed by atoms with Crippen LogP contribution in [0.1, 0.15) is 16.7 Å². The molecule has 0 atom stereocenters. The van der Waals surface area contributed by atoms with Crippen molar-refractivity contribution >= 4 is 28.4 Å². The lowest BCUT2D eigenvalue weighted by Crippen LogP contribution is -2.00. The van der Waals surface area contributed by atoms with Gasteiger partial charge < -0.3 is 5.32 Å². The van der Waals surface area contributed by atoms with Crippen LogP contribution in [0.2, 0.25) is 0 Å². The number of allylic oxidation sites excluding steroid dienone is 1. The lowest BCUT2D eigenvalue weighted by molar-refractivity contribution is 0.768. The molecule has 0 radical (unpaired) electrons. The molecule has 0 unspecified atom stereocenters. The van der Waals surface area contributed by atoms with Crippen LogP contribution in [0, 0.1) is 0 Å². The van der Waals surface area contributed by atoms with Crippen molar-refractivity contribution in [2.45, 2.75) is 6.42 Å². The Morgan fingerprint density at radius 1 is 1.04 bits per heavy atom. The second-order valence-corrected chi connectivity index (χ2v) is 7.16. The van der Waals surface area contributed by atoms with E-state index in [1.807, 2.05) is 30.3 Å². The van der Waals surface area contributed by atoms with Crippen molar-refractivity contribution in [2.24, 2.45) is 7.05 Å². The molecular weight excluding hydrogens is 344 g/mol. The quantitative estimate of drug-likeness (QED) is 0.535. The Bertz CT molecular complexity index is 1250. The lowest BCUT2D eigenvalue weighted by atomic mass is 10.0. The summed E-state index contributed by atoms with van der Waals surface area (Å²) in [7, 11) is 1.93. The zero-order valence-corrected chi connectivity index (χ0v) is 15.7. The number of anilines is 1. The van der Waals surface area contributed by atoms with Gasteiger partial charge in [-0.25, -0.2) is 4.98 Å². The SMILES string of the molecule is C=C(Nc1cc2cc(-c3cnn(C)c3)ccc2cn1)c1ccc2c(c1)C=CC2. The summed E-state index contributed by atoms with van der Waals surface area (Å²) in [5.41, 5.74) is 6.80. The van der Waals surface area contributed by atoms with E-state index in [2.05, 4.69) is 76.6 Å². The molecule has 2 heterocycles. The van der Waals surface area contributed by atoms with Gasteiger partial charge in [-0.2, -0.15) is 5.10 Å². The van der Waals surface area contributed by atoms with Crippen molar-refractivity contribution in [3.8, 4) is 11.1 Å². The highest BCUT2D eigenvalue weighted by molar-refractivity contribution is 5.89. The van der Waals surface area contributed by atoms with Gasteiger partial charge in [0.25, 0.3) is 0 Å². The first kappa shape index (κ1) is 16.5. The number of pyridine rings is 1. The summed E-state index contributed by atoms with van der Waals surface area (Å²) in [6.07, 6.45) is 11.2. The van der Waals surface area contributed by atoms with Gasteiger partial charge >= 0.3 is 0 Å². The highest BCUT2D eigenvalue weighted by Crippen LogP contribution is 2.27. The molecule has 0 aliphatic heterocycles. The summed E-state index contributed by atoms with van der Waals surface area (Å²) in [5.74, 6) is 0.789. The van der Waals surface area contributed by atoms with Crippen LogP contribution in [-0.2, 0) is 13.5 Å². The molecular formula is C24H20N4. The first-order valence-corrected chi connectivity index (χ1v) is 9.30. The molecule has 1 aliphatic carbocycles. The fourth-order valence-electron chi connectivity index (χ4n) is 3.62. The summed E-state index contributed by atoms with van der Waals surface area (Å²) in [6, 6.07) is 14.9. The van der Waals surface area contributed by atoms with E-state index in [4.69, 9.17) is 0 Å². The predicted octanol–water partition coefficient (Wildman–Crippen LogP) is 5.29. The van der Waals surface area contributed by atoms with Crippen molar-refractivity contribution in [2.75, 3.05) is 5.32 Å². The van der Waals surface area contributed by atoms with E-state index in [1.165, 1.54) is 11.1 Å². The van der Waals surface area contributed by atoms with E-state index in [-0.39, 0.29) is 0 Å². The zero-order chi connectivity index (χ0) is 19.1. The largest absolute Gasteiger partial charge is 0.340 e. The Kier molecular flexibility index (Phi) is 3.83. The molecule has 0 amide bonds.